The summed E-state index contributed by atoms with van der Waals surface area (Å²) in [7, 11) is 0. The Morgan fingerprint density at radius 1 is 1.38 bits per heavy atom. The van der Waals surface area contributed by atoms with E-state index in [9.17, 15) is 14.7 Å². The SMILES string of the molecule is CCC1(C(=O)O)CCCN(C(=O)c2cc(C)cc(Br)c2)C1. The molecule has 1 aromatic carbocycles. The number of nitrogens with zero attached hydrogens (tertiary/aromatic N) is 1. The maximum atomic E-state index is 12.6. The minimum atomic E-state index is -0.798. The number of aryl methyl sites for hydroxylation is 1. The molecule has 2 rings (SSSR count). The van der Waals surface area contributed by atoms with Gasteiger partial charge in [-0.15, -0.1) is 0 Å². The third kappa shape index (κ3) is 3.28. The summed E-state index contributed by atoms with van der Waals surface area (Å²) in [5.74, 6) is -0.883. The molecule has 1 aliphatic heterocycles. The van der Waals surface area contributed by atoms with Crippen LogP contribution >= 0.6 is 15.9 Å². The molecule has 0 radical (unpaired) electrons. The van der Waals surface area contributed by atoms with Gasteiger partial charge in [0.2, 0.25) is 0 Å². The van der Waals surface area contributed by atoms with Crippen molar-refractivity contribution in [3.8, 4) is 0 Å². The number of carbonyl (C=O) groups is 2. The number of rotatable bonds is 3. The van der Waals surface area contributed by atoms with E-state index in [-0.39, 0.29) is 5.91 Å². The van der Waals surface area contributed by atoms with Crippen molar-refractivity contribution >= 4 is 27.8 Å². The average molecular weight is 354 g/mol. The van der Waals surface area contributed by atoms with E-state index < -0.39 is 11.4 Å². The Labute approximate surface area is 133 Å². The Kier molecular flexibility index (Phi) is 4.71. The molecular weight excluding hydrogens is 334 g/mol. The van der Waals surface area contributed by atoms with Crippen molar-refractivity contribution in [2.75, 3.05) is 13.1 Å². The van der Waals surface area contributed by atoms with Crippen molar-refractivity contribution in [1.29, 1.82) is 0 Å². The molecule has 1 aromatic rings. The van der Waals surface area contributed by atoms with Gasteiger partial charge in [-0.25, -0.2) is 0 Å². The van der Waals surface area contributed by atoms with E-state index >= 15 is 0 Å². The molecule has 21 heavy (non-hydrogen) atoms. The maximum Gasteiger partial charge on any atom is 0.311 e. The van der Waals surface area contributed by atoms with Crippen LogP contribution in [0.15, 0.2) is 22.7 Å². The first-order chi connectivity index (χ1) is 9.88. The monoisotopic (exact) mass is 353 g/mol. The van der Waals surface area contributed by atoms with E-state index in [1.807, 2.05) is 26.0 Å². The number of amides is 1. The van der Waals surface area contributed by atoms with Crippen molar-refractivity contribution in [2.45, 2.75) is 33.1 Å². The number of hydrogen-bond acceptors (Lipinski definition) is 2. The number of halogens is 1. The molecule has 1 saturated heterocycles. The van der Waals surface area contributed by atoms with Gasteiger partial charge in [0.15, 0.2) is 0 Å². The maximum absolute atomic E-state index is 12.6. The fraction of sp³-hybridized carbons (Fsp3) is 0.500. The summed E-state index contributed by atoms with van der Waals surface area (Å²) in [6.07, 6.45) is 1.92. The molecule has 4 nitrogen and oxygen atoms in total. The lowest BCUT2D eigenvalue weighted by atomic mass is 9.77. The summed E-state index contributed by atoms with van der Waals surface area (Å²) < 4.78 is 0.864. The standard InChI is InChI=1S/C16H20BrNO3/c1-3-16(15(20)21)5-4-6-18(10-16)14(19)12-7-11(2)8-13(17)9-12/h7-9H,3-6,10H2,1-2H3,(H,20,21). The molecule has 1 amide bonds. The van der Waals surface area contributed by atoms with Crippen LogP contribution in [-0.4, -0.2) is 35.0 Å². The van der Waals surface area contributed by atoms with Gasteiger partial charge in [0.25, 0.3) is 5.91 Å². The Morgan fingerprint density at radius 3 is 2.67 bits per heavy atom. The van der Waals surface area contributed by atoms with Crippen LogP contribution in [0.1, 0.15) is 42.1 Å². The van der Waals surface area contributed by atoms with Crippen molar-refractivity contribution in [1.82, 2.24) is 4.90 Å². The van der Waals surface area contributed by atoms with Gasteiger partial charge in [0.1, 0.15) is 0 Å². The first kappa shape index (κ1) is 16.0. The summed E-state index contributed by atoms with van der Waals surface area (Å²) in [6, 6.07) is 5.58. The minimum Gasteiger partial charge on any atom is -0.481 e. The molecule has 1 aliphatic rings. The zero-order valence-electron chi connectivity index (χ0n) is 12.4. The lowest BCUT2D eigenvalue weighted by Gasteiger charge is -2.39. The highest BCUT2D eigenvalue weighted by Gasteiger charge is 2.42. The smallest absolute Gasteiger partial charge is 0.311 e. The fourth-order valence-corrected chi connectivity index (χ4v) is 3.57. The van der Waals surface area contributed by atoms with Crippen molar-refractivity contribution in [3.05, 3.63) is 33.8 Å². The number of piperidine rings is 1. The molecule has 1 fully saturated rings. The van der Waals surface area contributed by atoms with Gasteiger partial charge in [-0.1, -0.05) is 22.9 Å². The molecule has 1 unspecified atom stereocenters. The number of carboxylic acid groups (broad SMARTS) is 1. The Bertz CT molecular complexity index is 552. The van der Waals surface area contributed by atoms with Crippen LogP contribution in [-0.2, 0) is 4.79 Å². The van der Waals surface area contributed by atoms with Gasteiger partial charge in [-0.3, -0.25) is 9.59 Å². The molecule has 114 valence electrons. The third-order valence-corrected chi connectivity index (χ3v) is 4.74. The van der Waals surface area contributed by atoms with Gasteiger partial charge < -0.3 is 10.0 Å². The lowest BCUT2D eigenvalue weighted by molar-refractivity contribution is -0.152. The van der Waals surface area contributed by atoms with Crippen LogP contribution in [0.3, 0.4) is 0 Å². The molecule has 5 heteroatoms. The molecule has 0 saturated carbocycles. The van der Waals surface area contributed by atoms with Gasteiger partial charge in [0.05, 0.1) is 5.41 Å². The third-order valence-electron chi connectivity index (χ3n) is 4.28. The second kappa shape index (κ2) is 6.18. The van der Waals surface area contributed by atoms with Gasteiger partial charge in [-0.05, 0) is 49.9 Å². The van der Waals surface area contributed by atoms with E-state index in [4.69, 9.17) is 0 Å². The summed E-state index contributed by atoms with van der Waals surface area (Å²) in [5, 5.41) is 9.50. The van der Waals surface area contributed by atoms with Gasteiger partial charge in [-0.2, -0.15) is 0 Å². The van der Waals surface area contributed by atoms with Crippen LogP contribution < -0.4 is 0 Å². The Balaban J connectivity index is 2.25. The minimum absolute atomic E-state index is 0.0850. The molecule has 1 N–H and O–H groups in total. The van der Waals surface area contributed by atoms with E-state index in [1.54, 1.807) is 11.0 Å². The highest BCUT2D eigenvalue weighted by molar-refractivity contribution is 9.10. The number of carbonyl (C=O) groups excluding carboxylic acids is 1. The summed E-state index contributed by atoms with van der Waals surface area (Å²) >= 11 is 3.40. The molecule has 0 aliphatic carbocycles. The largest absolute Gasteiger partial charge is 0.481 e. The van der Waals surface area contributed by atoms with Crippen LogP contribution in [0.4, 0.5) is 0 Å². The number of carboxylic acids is 1. The zero-order valence-corrected chi connectivity index (χ0v) is 13.9. The van der Waals surface area contributed by atoms with Crippen LogP contribution in [0, 0.1) is 12.3 Å². The Hall–Kier alpha value is -1.36. The quantitative estimate of drug-likeness (QED) is 0.904. The van der Waals surface area contributed by atoms with Crippen LogP contribution in [0.2, 0.25) is 0 Å². The normalized spacial score (nSPS) is 22.1. The fourth-order valence-electron chi connectivity index (χ4n) is 2.96. The average Bonchev–Trinajstić information content (AvgIpc) is 2.45. The molecule has 0 spiro atoms. The predicted octanol–water partition coefficient (Wildman–Crippen LogP) is 3.47. The second-order valence-corrected chi connectivity index (χ2v) is 6.70. The topological polar surface area (TPSA) is 57.6 Å². The summed E-state index contributed by atoms with van der Waals surface area (Å²) in [4.78, 5) is 25.9. The van der Waals surface area contributed by atoms with E-state index in [1.165, 1.54) is 0 Å². The van der Waals surface area contributed by atoms with Crippen LogP contribution in [0.25, 0.3) is 0 Å². The molecule has 1 heterocycles. The highest BCUT2D eigenvalue weighted by atomic mass is 79.9. The number of likely N-dealkylation sites (tertiary alicyclic amines) is 1. The number of benzene rings is 1. The summed E-state index contributed by atoms with van der Waals surface area (Å²) in [5.41, 5.74) is 0.818. The number of aliphatic carboxylic acids is 1. The molecule has 1 atom stereocenters. The van der Waals surface area contributed by atoms with Gasteiger partial charge >= 0.3 is 5.97 Å². The predicted molar refractivity (Wildman–Crippen MR) is 84.4 cm³/mol. The van der Waals surface area contributed by atoms with Crippen LogP contribution in [0.5, 0.6) is 0 Å². The first-order valence-electron chi connectivity index (χ1n) is 7.18. The van der Waals surface area contributed by atoms with Crippen molar-refractivity contribution in [2.24, 2.45) is 5.41 Å². The lowest BCUT2D eigenvalue weighted by Crippen LogP contribution is -2.49. The second-order valence-electron chi connectivity index (χ2n) is 5.79. The molecule has 0 bridgehead atoms. The highest BCUT2D eigenvalue weighted by Crippen LogP contribution is 2.34. The van der Waals surface area contributed by atoms with Gasteiger partial charge in [0, 0.05) is 23.1 Å². The van der Waals surface area contributed by atoms with E-state index in [0.717, 1.165) is 16.5 Å². The van der Waals surface area contributed by atoms with Crippen molar-refractivity contribution in [3.63, 3.8) is 0 Å². The van der Waals surface area contributed by atoms with E-state index in [2.05, 4.69) is 15.9 Å². The van der Waals surface area contributed by atoms with Crippen molar-refractivity contribution < 1.29 is 14.7 Å². The Morgan fingerprint density at radius 2 is 2.10 bits per heavy atom. The summed E-state index contributed by atoms with van der Waals surface area (Å²) in [6.45, 7) is 4.74. The first-order valence-corrected chi connectivity index (χ1v) is 7.97. The molecular formula is C16H20BrNO3. The molecule has 0 aromatic heterocycles. The number of hydrogen-bond donors (Lipinski definition) is 1. The zero-order chi connectivity index (χ0) is 15.6. The van der Waals surface area contributed by atoms with E-state index in [0.29, 0.717) is 31.5 Å².